The Kier molecular flexibility index (Phi) is 8.63. The minimum absolute atomic E-state index is 0.857. The van der Waals surface area contributed by atoms with Gasteiger partial charge >= 0.3 is 0 Å². The second kappa shape index (κ2) is 10.1. The van der Waals surface area contributed by atoms with E-state index in [9.17, 15) is 0 Å². The van der Waals surface area contributed by atoms with Crippen molar-refractivity contribution >= 4 is 5.96 Å². The van der Waals surface area contributed by atoms with E-state index < -0.39 is 0 Å². The molecule has 0 unspecified atom stereocenters. The zero-order valence-corrected chi connectivity index (χ0v) is 13.0. The monoisotopic (exact) mass is 268 g/mol. The largest absolute Gasteiger partial charge is 0.356 e. The maximum atomic E-state index is 4.26. The Labute approximate surface area is 119 Å². The van der Waals surface area contributed by atoms with Gasteiger partial charge in [-0.05, 0) is 25.8 Å². The van der Waals surface area contributed by atoms with Crippen LogP contribution in [0.3, 0.4) is 0 Å². The van der Waals surface area contributed by atoms with Gasteiger partial charge < -0.3 is 10.6 Å². The first-order valence-electron chi connectivity index (χ1n) is 8.00. The molecule has 0 aromatic carbocycles. The third-order valence-electron chi connectivity index (χ3n) is 3.71. The lowest BCUT2D eigenvalue weighted by Gasteiger charge is -2.20. The molecule has 0 spiro atoms. The number of likely N-dealkylation sites (N-methyl/N-ethyl adjacent to an activating group) is 1. The normalized spacial score (nSPS) is 15.9. The van der Waals surface area contributed by atoms with Crippen LogP contribution in [0.25, 0.3) is 0 Å². The first-order chi connectivity index (χ1) is 9.31. The lowest BCUT2D eigenvalue weighted by atomic mass is 10.2. The summed E-state index contributed by atoms with van der Waals surface area (Å²) in [4.78, 5) is 6.82. The molecule has 0 aliphatic heterocycles. The minimum atomic E-state index is 0.857. The molecular formula is C15H32N4. The van der Waals surface area contributed by atoms with Crippen molar-refractivity contribution < 1.29 is 0 Å². The van der Waals surface area contributed by atoms with E-state index >= 15 is 0 Å². The number of guanidine groups is 1. The lowest BCUT2D eigenvalue weighted by Crippen LogP contribution is -2.42. The molecule has 0 bridgehead atoms. The van der Waals surface area contributed by atoms with Gasteiger partial charge in [-0.25, -0.2) is 0 Å². The standard InChI is InChI=1S/C15H32N4/c1-4-6-7-8-11-17-15(16-3)18-12-13-19(5-2)14-9-10-14/h14H,4-13H2,1-3H3,(H2,16,17,18). The van der Waals surface area contributed by atoms with Gasteiger partial charge in [0, 0.05) is 32.7 Å². The van der Waals surface area contributed by atoms with Crippen LogP contribution in [0.4, 0.5) is 0 Å². The smallest absolute Gasteiger partial charge is 0.191 e. The van der Waals surface area contributed by atoms with Crippen molar-refractivity contribution in [3.8, 4) is 0 Å². The van der Waals surface area contributed by atoms with Crippen LogP contribution >= 0.6 is 0 Å². The van der Waals surface area contributed by atoms with E-state index in [0.717, 1.165) is 38.2 Å². The Morgan fingerprint density at radius 3 is 2.42 bits per heavy atom. The minimum Gasteiger partial charge on any atom is -0.356 e. The summed E-state index contributed by atoms with van der Waals surface area (Å²) in [5, 5.41) is 6.79. The van der Waals surface area contributed by atoms with E-state index in [0.29, 0.717) is 0 Å². The molecule has 1 rings (SSSR count). The van der Waals surface area contributed by atoms with E-state index in [4.69, 9.17) is 0 Å². The van der Waals surface area contributed by atoms with Crippen molar-refractivity contribution in [2.75, 3.05) is 33.2 Å². The van der Waals surface area contributed by atoms with Crippen LogP contribution in [-0.2, 0) is 0 Å². The number of nitrogens with zero attached hydrogens (tertiary/aromatic N) is 2. The molecule has 19 heavy (non-hydrogen) atoms. The first kappa shape index (κ1) is 16.3. The molecule has 4 heteroatoms. The summed E-state index contributed by atoms with van der Waals surface area (Å²) in [5.41, 5.74) is 0. The van der Waals surface area contributed by atoms with Crippen molar-refractivity contribution in [2.24, 2.45) is 4.99 Å². The second-order valence-corrected chi connectivity index (χ2v) is 5.35. The molecule has 2 N–H and O–H groups in total. The summed E-state index contributed by atoms with van der Waals surface area (Å²) in [5.74, 6) is 0.948. The number of hydrogen-bond acceptors (Lipinski definition) is 2. The summed E-state index contributed by atoms with van der Waals surface area (Å²) in [7, 11) is 1.85. The first-order valence-corrected chi connectivity index (χ1v) is 8.00. The fourth-order valence-corrected chi connectivity index (χ4v) is 2.34. The topological polar surface area (TPSA) is 39.7 Å². The Morgan fingerprint density at radius 1 is 1.11 bits per heavy atom. The van der Waals surface area contributed by atoms with Crippen LogP contribution in [0.5, 0.6) is 0 Å². The summed E-state index contributed by atoms with van der Waals surface area (Å²) in [6, 6.07) is 0.857. The summed E-state index contributed by atoms with van der Waals surface area (Å²) >= 11 is 0. The van der Waals surface area contributed by atoms with Gasteiger partial charge in [-0.3, -0.25) is 9.89 Å². The average Bonchev–Trinajstić information content (AvgIpc) is 3.25. The molecule has 1 fully saturated rings. The maximum Gasteiger partial charge on any atom is 0.191 e. The molecule has 0 saturated heterocycles. The molecule has 112 valence electrons. The molecule has 1 saturated carbocycles. The third kappa shape index (κ3) is 7.41. The highest BCUT2D eigenvalue weighted by molar-refractivity contribution is 5.79. The number of nitrogens with one attached hydrogen (secondary N) is 2. The van der Waals surface area contributed by atoms with Crippen LogP contribution < -0.4 is 10.6 Å². The Bertz CT molecular complexity index is 249. The predicted molar refractivity (Wildman–Crippen MR) is 83.8 cm³/mol. The molecule has 0 aromatic heterocycles. The predicted octanol–water partition coefficient (Wildman–Crippen LogP) is 2.22. The second-order valence-electron chi connectivity index (χ2n) is 5.35. The fraction of sp³-hybridized carbons (Fsp3) is 0.933. The van der Waals surface area contributed by atoms with Gasteiger partial charge in [0.05, 0.1) is 0 Å². The Morgan fingerprint density at radius 2 is 1.84 bits per heavy atom. The SMILES string of the molecule is CCCCCCNC(=NC)NCCN(CC)C1CC1. The number of aliphatic imine (C=N–C) groups is 1. The number of hydrogen-bond donors (Lipinski definition) is 2. The van der Waals surface area contributed by atoms with E-state index in [-0.39, 0.29) is 0 Å². The molecular weight excluding hydrogens is 236 g/mol. The molecule has 1 aliphatic rings. The molecule has 4 nitrogen and oxygen atoms in total. The van der Waals surface area contributed by atoms with Crippen molar-refractivity contribution in [1.82, 2.24) is 15.5 Å². The van der Waals surface area contributed by atoms with Crippen LogP contribution in [0.15, 0.2) is 4.99 Å². The quantitative estimate of drug-likeness (QED) is 0.362. The van der Waals surface area contributed by atoms with Crippen LogP contribution in [-0.4, -0.2) is 50.1 Å². The van der Waals surface area contributed by atoms with Gasteiger partial charge in [-0.15, -0.1) is 0 Å². The molecule has 0 aromatic rings. The Balaban J connectivity index is 2.04. The summed E-state index contributed by atoms with van der Waals surface area (Å²) in [6.07, 6.45) is 7.95. The van der Waals surface area contributed by atoms with E-state index in [1.807, 2.05) is 7.05 Å². The molecule has 0 heterocycles. The van der Waals surface area contributed by atoms with E-state index in [2.05, 4.69) is 34.4 Å². The van der Waals surface area contributed by atoms with Gasteiger partial charge in [0.1, 0.15) is 0 Å². The maximum absolute atomic E-state index is 4.26. The van der Waals surface area contributed by atoms with Gasteiger partial charge in [-0.1, -0.05) is 33.1 Å². The van der Waals surface area contributed by atoms with Gasteiger partial charge in [-0.2, -0.15) is 0 Å². The van der Waals surface area contributed by atoms with Gasteiger partial charge in [0.15, 0.2) is 5.96 Å². The van der Waals surface area contributed by atoms with Crippen LogP contribution in [0.1, 0.15) is 52.4 Å². The van der Waals surface area contributed by atoms with Crippen molar-refractivity contribution in [1.29, 1.82) is 0 Å². The van der Waals surface area contributed by atoms with Crippen LogP contribution in [0, 0.1) is 0 Å². The molecule has 1 aliphatic carbocycles. The van der Waals surface area contributed by atoms with E-state index in [1.165, 1.54) is 38.5 Å². The Hall–Kier alpha value is -0.770. The summed E-state index contributed by atoms with van der Waals surface area (Å²) in [6.45, 7) is 8.79. The number of rotatable bonds is 10. The van der Waals surface area contributed by atoms with Crippen molar-refractivity contribution in [3.05, 3.63) is 0 Å². The third-order valence-corrected chi connectivity index (χ3v) is 3.71. The molecule has 0 radical (unpaired) electrons. The fourth-order valence-electron chi connectivity index (χ4n) is 2.34. The van der Waals surface area contributed by atoms with Crippen molar-refractivity contribution in [2.45, 2.75) is 58.4 Å². The van der Waals surface area contributed by atoms with Crippen LogP contribution in [0.2, 0.25) is 0 Å². The summed E-state index contributed by atoms with van der Waals surface area (Å²) < 4.78 is 0. The average molecular weight is 268 g/mol. The van der Waals surface area contributed by atoms with Gasteiger partial charge in [0.25, 0.3) is 0 Å². The highest BCUT2D eigenvalue weighted by Crippen LogP contribution is 2.25. The molecule has 0 amide bonds. The number of unbranched alkanes of at least 4 members (excludes halogenated alkanes) is 3. The zero-order chi connectivity index (χ0) is 13.9. The highest BCUT2D eigenvalue weighted by atomic mass is 15.2. The van der Waals surface area contributed by atoms with Gasteiger partial charge in [0.2, 0.25) is 0 Å². The lowest BCUT2D eigenvalue weighted by molar-refractivity contribution is 0.282. The highest BCUT2D eigenvalue weighted by Gasteiger charge is 2.27. The van der Waals surface area contributed by atoms with E-state index in [1.54, 1.807) is 0 Å². The zero-order valence-electron chi connectivity index (χ0n) is 13.0. The molecule has 0 atom stereocenters. The van der Waals surface area contributed by atoms with Crippen molar-refractivity contribution in [3.63, 3.8) is 0 Å².